The molecule has 0 saturated heterocycles. The van der Waals surface area contributed by atoms with Crippen molar-refractivity contribution < 1.29 is 27.5 Å². The van der Waals surface area contributed by atoms with Crippen molar-refractivity contribution in [2.75, 3.05) is 7.11 Å². The van der Waals surface area contributed by atoms with Gasteiger partial charge in [0.05, 0.1) is 12.7 Å². The fraction of sp³-hybridized carbons (Fsp3) is 0.0357. The molecule has 0 radical (unpaired) electrons. The lowest BCUT2D eigenvalue weighted by atomic mass is 10.0. The number of ether oxygens (including phenoxy) is 2. The van der Waals surface area contributed by atoms with Gasteiger partial charge in [-0.2, -0.15) is 0 Å². The Morgan fingerprint density at radius 3 is 2.51 bits per heavy atom. The maximum Gasteiger partial charge on any atom is 0.379 e. The van der Waals surface area contributed by atoms with Crippen molar-refractivity contribution in [3.8, 4) is 22.6 Å². The minimum Gasteiger partial charge on any atom is -0.493 e. The van der Waals surface area contributed by atoms with E-state index in [0.29, 0.717) is 33.3 Å². The normalized spacial score (nSPS) is 11.3. The summed E-state index contributed by atoms with van der Waals surface area (Å²) >= 11 is 3.38. The van der Waals surface area contributed by atoms with Gasteiger partial charge in [-0.15, -0.1) is 0 Å². The molecule has 0 bridgehead atoms. The molecule has 0 N–H and O–H groups in total. The summed E-state index contributed by atoms with van der Waals surface area (Å²) in [5.41, 5.74) is 0.151. The average molecular weight is 559 g/mol. The van der Waals surface area contributed by atoms with E-state index in [2.05, 4.69) is 15.9 Å². The molecule has 6 aromatic rings. The molecule has 0 spiro atoms. The Kier molecular flexibility index (Phi) is 5.42. The van der Waals surface area contributed by atoms with Crippen LogP contribution in [0.15, 0.2) is 100 Å². The van der Waals surface area contributed by atoms with Crippen LogP contribution in [0.4, 0.5) is 0 Å². The number of furan rings is 1. The molecular weight excluding hydrogens is 544 g/mol. The zero-order valence-electron chi connectivity index (χ0n) is 19.1. The molecule has 6 rings (SSSR count). The van der Waals surface area contributed by atoms with Gasteiger partial charge in [0.15, 0.2) is 11.3 Å². The third kappa shape index (κ3) is 4.09. The average Bonchev–Trinajstić information content (AvgIpc) is 3.31. The number of carbonyl (C=O) groups is 1. The zero-order chi connectivity index (χ0) is 25.7. The summed E-state index contributed by atoms with van der Waals surface area (Å²) in [5, 5.41) is 1.82. The van der Waals surface area contributed by atoms with Crippen LogP contribution in [0.5, 0.6) is 11.5 Å². The Bertz CT molecular complexity index is 1980. The molecule has 0 aliphatic rings. The van der Waals surface area contributed by atoms with Crippen LogP contribution in [0.2, 0.25) is 0 Å². The van der Waals surface area contributed by atoms with Gasteiger partial charge < -0.3 is 22.7 Å². The number of esters is 1. The molecule has 37 heavy (non-hydrogen) atoms. The standard InChI is InChI=1S/C28H15BrO8/c1-33-22-4-2-3-14-10-20(27(31)37-26(14)22)19-13-25(30)36-23-12-17(6-7-18(19)23)34-28(32)24-11-15-9-16(29)5-8-21(15)35-24/h2-13H,1H3. The van der Waals surface area contributed by atoms with Crippen LogP contribution >= 0.6 is 15.9 Å². The first-order valence-electron chi connectivity index (χ1n) is 11.0. The van der Waals surface area contributed by atoms with E-state index in [1.165, 1.54) is 25.3 Å². The van der Waals surface area contributed by atoms with Gasteiger partial charge in [0, 0.05) is 38.3 Å². The maximum atomic E-state index is 12.9. The lowest BCUT2D eigenvalue weighted by Crippen LogP contribution is -2.08. The minimum atomic E-state index is -0.714. The molecule has 0 saturated carbocycles. The van der Waals surface area contributed by atoms with Gasteiger partial charge in [0.25, 0.3) is 0 Å². The first-order valence-corrected chi connectivity index (χ1v) is 11.8. The second kappa shape index (κ2) is 8.79. The van der Waals surface area contributed by atoms with Crippen molar-refractivity contribution in [3.05, 3.63) is 104 Å². The van der Waals surface area contributed by atoms with Gasteiger partial charge in [-0.1, -0.05) is 28.1 Å². The van der Waals surface area contributed by atoms with E-state index in [1.54, 1.807) is 48.5 Å². The lowest BCUT2D eigenvalue weighted by Gasteiger charge is -2.09. The minimum absolute atomic E-state index is 0.0209. The van der Waals surface area contributed by atoms with Crippen molar-refractivity contribution in [2.24, 2.45) is 0 Å². The highest BCUT2D eigenvalue weighted by molar-refractivity contribution is 9.10. The summed E-state index contributed by atoms with van der Waals surface area (Å²) in [6.45, 7) is 0. The predicted octanol–water partition coefficient (Wildman–Crippen LogP) is 6.30. The number of para-hydroxylation sites is 1. The first kappa shape index (κ1) is 22.8. The monoisotopic (exact) mass is 558 g/mol. The number of rotatable bonds is 4. The van der Waals surface area contributed by atoms with Crippen molar-refractivity contribution in [1.82, 2.24) is 0 Å². The number of hydrogen-bond donors (Lipinski definition) is 0. The van der Waals surface area contributed by atoms with Gasteiger partial charge in [-0.05, 0) is 48.5 Å². The molecule has 3 aromatic carbocycles. The summed E-state index contributed by atoms with van der Waals surface area (Å²) in [4.78, 5) is 38.0. The van der Waals surface area contributed by atoms with Gasteiger partial charge in [0.1, 0.15) is 16.9 Å². The van der Waals surface area contributed by atoms with E-state index in [-0.39, 0.29) is 22.7 Å². The summed E-state index contributed by atoms with van der Waals surface area (Å²) in [6, 6.07) is 19.6. The quantitative estimate of drug-likeness (QED) is 0.141. The Morgan fingerprint density at radius 1 is 0.811 bits per heavy atom. The Balaban J connectivity index is 1.40. The summed E-state index contributed by atoms with van der Waals surface area (Å²) in [7, 11) is 1.48. The summed E-state index contributed by atoms with van der Waals surface area (Å²) < 4.78 is 28.0. The van der Waals surface area contributed by atoms with Crippen molar-refractivity contribution >= 4 is 54.8 Å². The largest absolute Gasteiger partial charge is 0.493 e. The van der Waals surface area contributed by atoms with Crippen LogP contribution in [-0.4, -0.2) is 13.1 Å². The second-order valence-corrected chi connectivity index (χ2v) is 9.06. The van der Waals surface area contributed by atoms with E-state index < -0.39 is 17.2 Å². The summed E-state index contributed by atoms with van der Waals surface area (Å²) in [6.07, 6.45) is 0. The highest BCUT2D eigenvalue weighted by atomic mass is 79.9. The second-order valence-electron chi connectivity index (χ2n) is 8.15. The van der Waals surface area contributed by atoms with E-state index in [4.69, 9.17) is 22.7 Å². The Hall–Kier alpha value is -4.63. The number of halogens is 1. The molecule has 0 fully saturated rings. The van der Waals surface area contributed by atoms with Crippen LogP contribution < -0.4 is 20.7 Å². The fourth-order valence-electron chi connectivity index (χ4n) is 4.17. The van der Waals surface area contributed by atoms with Crippen LogP contribution in [0.1, 0.15) is 10.6 Å². The fourth-order valence-corrected chi connectivity index (χ4v) is 4.55. The smallest absolute Gasteiger partial charge is 0.379 e. The van der Waals surface area contributed by atoms with Crippen LogP contribution in [0.25, 0.3) is 44.0 Å². The molecule has 0 aliphatic heterocycles. The van der Waals surface area contributed by atoms with Gasteiger partial charge >= 0.3 is 17.2 Å². The molecule has 182 valence electrons. The Labute approximate surface area is 215 Å². The number of fused-ring (bicyclic) bond motifs is 3. The van der Waals surface area contributed by atoms with E-state index in [9.17, 15) is 14.4 Å². The first-order chi connectivity index (χ1) is 17.9. The van der Waals surface area contributed by atoms with Crippen molar-refractivity contribution in [2.45, 2.75) is 0 Å². The number of carbonyl (C=O) groups excluding carboxylic acids is 1. The van der Waals surface area contributed by atoms with Gasteiger partial charge in [-0.3, -0.25) is 0 Å². The van der Waals surface area contributed by atoms with E-state index >= 15 is 0 Å². The van der Waals surface area contributed by atoms with Gasteiger partial charge in [-0.25, -0.2) is 14.4 Å². The van der Waals surface area contributed by atoms with E-state index in [1.807, 2.05) is 6.07 Å². The zero-order valence-corrected chi connectivity index (χ0v) is 20.7. The van der Waals surface area contributed by atoms with Crippen molar-refractivity contribution in [1.29, 1.82) is 0 Å². The molecule has 9 heteroatoms. The van der Waals surface area contributed by atoms with Crippen molar-refractivity contribution in [3.63, 3.8) is 0 Å². The Morgan fingerprint density at radius 2 is 1.68 bits per heavy atom. The lowest BCUT2D eigenvalue weighted by molar-refractivity contribution is 0.0704. The van der Waals surface area contributed by atoms with Crippen LogP contribution in [-0.2, 0) is 0 Å². The number of benzene rings is 3. The molecular formula is C28H15BrO8. The highest BCUT2D eigenvalue weighted by Crippen LogP contribution is 2.32. The predicted molar refractivity (Wildman–Crippen MR) is 139 cm³/mol. The third-order valence-corrected chi connectivity index (χ3v) is 6.33. The molecule has 3 heterocycles. The maximum absolute atomic E-state index is 12.9. The molecule has 8 nitrogen and oxygen atoms in total. The van der Waals surface area contributed by atoms with E-state index in [0.717, 1.165) is 9.86 Å². The molecule has 0 aliphatic carbocycles. The van der Waals surface area contributed by atoms with Gasteiger partial charge in [0.2, 0.25) is 5.76 Å². The molecule has 0 unspecified atom stereocenters. The third-order valence-electron chi connectivity index (χ3n) is 5.84. The van der Waals surface area contributed by atoms with Crippen LogP contribution in [0, 0.1) is 0 Å². The highest BCUT2D eigenvalue weighted by Gasteiger charge is 2.18. The molecule has 3 aromatic heterocycles. The van der Waals surface area contributed by atoms with Crippen LogP contribution in [0.3, 0.4) is 0 Å². The summed E-state index contributed by atoms with van der Waals surface area (Å²) in [5.74, 6) is -0.140. The number of methoxy groups -OCH3 is 1. The SMILES string of the molecule is COc1cccc2cc(-c3cc(=O)oc4cc(OC(=O)c5cc6cc(Br)ccc6o5)ccc34)c(=O)oc12. The molecule has 0 atom stereocenters. The number of hydrogen-bond acceptors (Lipinski definition) is 8. The molecule has 0 amide bonds. The topological polar surface area (TPSA) is 109 Å².